The first-order chi connectivity index (χ1) is 12.8. The summed E-state index contributed by atoms with van der Waals surface area (Å²) in [5, 5.41) is 7.29. The van der Waals surface area contributed by atoms with E-state index in [9.17, 15) is 9.59 Å². The summed E-state index contributed by atoms with van der Waals surface area (Å²) in [6.07, 6.45) is 1.53. The molecule has 0 aliphatic carbocycles. The van der Waals surface area contributed by atoms with Crippen molar-refractivity contribution in [1.82, 2.24) is 10.7 Å². The normalized spacial score (nSPS) is 12.2. The van der Waals surface area contributed by atoms with Crippen molar-refractivity contribution in [1.29, 1.82) is 0 Å². The van der Waals surface area contributed by atoms with Crippen molar-refractivity contribution in [3.05, 3.63) is 68.1 Å². The summed E-state index contributed by atoms with van der Waals surface area (Å²) in [6.45, 7) is 3.65. The van der Waals surface area contributed by atoms with Gasteiger partial charge in [0.05, 0.1) is 16.8 Å². The average molecular weight is 471 g/mol. The molecule has 0 saturated carbocycles. The van der Waals surface area contributed by atoms with Gasteiger partial charge >= 0.3 is 0 Å². The third-order valence-electron chi connectivity index (χ3n) is 3.67. The SMILES string of the molecule is CC(C)C(NC(=O)c1ccc(Cl)cc1Cl)C(=O)NN=Cc1ccc(Br)cc1. The molecule has 142 valence electrons. The number of benzene rings is 2. The predicted molar refractivity (Wildman–Crippen MR) is 112 cm³/mol. The number of rotatable bonds is 6. The number of hydrogen-bond donors (Lipinski definition) is 2. The second-order valence-electron chi connectivity index (χ2n) is 6.11. The van der Waals surface area contributed by atoms with E-state index in [0.29, 0.717) is 5.02 Å². The Labute approximate surface area is 176 Å². The highest BCUT2D eigenvalue weighted by Gasteiger charge is 2.25. The van der Waals surface area contributed by atoms with Crippen LogP contribution in [0.2, 0.25) is 10.0 Å². The van der Waals surface area contributed by atoms with Crippen molar-refractivity contribution in [2.75, 3.05) is 0 Å². The molecular formula is C19H18BrCl2N3O2. The highest BCUT2D eigenvalue weighted by atomic mass is 79.9. The number of hydrazone groups is 1. The molecule has 2 N–H and O–H groups in total. The number of hydrogen-bond acceptors (Lipinski definition) is 3. The van der Waals surface area contributed by atoms with Crippen LogP contribution in [0.1, 0.15) is 29.8 Å². The monoisotopic (exact) mass is 469 g/mol. The summed E-state index contributed by atoms with van der Waals surface area (Å²) >= 11 is 15.3. The number of nitrogens with zero attached hydrogens (tertiary/aromatic N) is 1. The summed E-state index contributed by atoms with van der Waals surface area (Å²) in [5.74, 6) is -1.03. The highest BCUT2D eigenvalue weighted by molar-refractivity contribution is 9.10. The van der Waals surface area contributed by atoms with E-state index in [1.807, 2.05) is 38.1 Å². The van der Waals surface area contributed by atoms with E-state index in [-0.39, 0.29) is 16.5 Å². The molecular weight excluding hydrogens is 453 g/mol. The minimum atomic E-state index is -0.772. The zero-order valence-corrected chi connectivity index (χ0v) is 17.8. The van der Waals surface area contributed by atoms with Gasteiger partial charge < -0.3 is 5.32 Å². The third kappa shape index (κ3) is 6.34. The summed E-state index contributed by atoms with van der Waals surface area (Å²) in [5.41, 5.74) is 3.54. The van der Waals surface area contributed by atoms with Gasteiger partial charge in [-0.1, -0.05) is 65.1 Å². The topological polar surface area (TPSA) is 70.6 Å². The van der Waals surface area contributed by atoms with Crippen LogP contribution in [0.5, 0.6) is 0 Å². The number of halogens is 3. The van der Waals surface area contributed by atoms with Crippen LogP contribution in [-0.2, 0) is 4.79 Å². The maximum atomic E-state index is 12.5. The van der Waals surface area contributed by atoms with Gasteiger partial charge in [-0.05, 0) is 41.8 Å². The first-order valence-electron chi connectivity index (χ1n) is 8.12. The van der Waals surface area contributed by atoms with Gasteiger partial charge in [0.15, 0.2) is 0 Å². The molecule has 1 atom stereocenters. The number of carbonyl (C=O) groups excluding carboxylic acids is 2. The standard InChI is InChI=1S/C19H18BrCl2N3O2/c1-11(2)17(24-18(26)15-8-7-14(21)9-16(15)22)19(27)25-23-10-12-3-5-13(20)6-4-12/h3-11,17H,1-2H3,(H,24,26)(H,25,27). The van der Waals surface area contributed by atoms with Gasteiger partial charge in [-0.25, -0.2) is 5.43 Å². The minimum absolute atomic E-state index is 0.150. The van der Waals surface area contributed by atoms with E-state index < -0.39 is 17.9 Å². The molecule has 0 saturated heterocycles. The lowest BCUT2D eigenvalue weighted by atomic mass is 10.0. The van der Waals surface area contributed by atoms with Crippen molar-refractivity contribution in [2.24, 2.45) is 11.0 Å². The molecule has 0 aliphatic heterocycles. The van der Waals surface area contributed by atoms with Gasteiger partial charge in [0.1, 0.15) is 6.04 Å². The molecule has 2 aromatic rings. The Kier molecular flexibility index (Phi) is 7.83. The van der Waals surface area contributed by atoms with Crippen molar-refractivity contribution in [3.63, 3.8) is 0 Å². The second-order valence-corrected chi connectivity index (χ2v) is 7.86. The molecule has 5 nitrogen and oxygen atoms in total. The molecule has 0 heterocycles. The van der Waals surface area contributed by atoms with Gasteiger partial charge in [-0.15, -0.1) is 0 Å². The largest absolute Gasteiger partial charge is 0.340 e. The van der Waals surface area contributed by atoms with Crippen LogP contribution in [0.25, 0.3) is 0 Å². The van der Waals surface area contributed by atoms with E-state index in [0.717, 1.165) is 10.0 Å². The lowest BCUT2D eigenvalue weighted by Crippen LogP contribution is -2.48. The van der Waals surface area contributed by atoms with Crippen LogP contribution >= 0.6 is 39.1 Å². The summed E-state index contributed by atoms with van der Waals surface area (Å²) in [6, 6.07) is 11.2. The number of carbonyl (C=O) groups is 2. The van der Waals surface area contributed by atoms with Gasteiger partial charge in [-0.2, -0.15) is 5.10 Å². The van der Waals surface area contributed by atoms with Crippen LogP contribution in [0.4, 0.5) is 0 Å². The summed E-state index contributed by atoms with van der Waals surface area (Å²) in [7, 11) is 0. The molecule has 8 heteroatoms. The fraction of sp³-hybridized carbons (Fsp3) is 0.211. The van der Waals surface area contributed by atoms with Crippen LogP contribution < -0.4 is 10.7 Å². The van der Waals surface area contributed by atoms with Crippen LogP contribution in [0.3, 0.4) is 0 Å². The molecule has 0 radical (unpaired) electrons. The smallest absolute Gasteiger partial charge is 0.262 e. The Morgan fingerprint density at radius 3 is 2.37 bits per heavy atom. The predicted octanol–water partition coefficient (Wildman–Crippen LogP) is 4.66. The first kappa shape index (κ1) is 21.4. The van der Waals surface area contributed by atoms with Crippen molar-refractivity contribution in [2.45, 2.75) is 19.9 Å². The lowest BCUT2D eigenvalue weighted by molar-refractivity contribution is -0.123. The third-order valence-corrected chi connectivity index (χ3v) is 4.75. The van der Waals surface area contributed by atoms with E-state index in [1.54, 1.807) is 6.07 Å². The van der Waals surface area contributed by atoms with E-state index in [1.165, 1.54) is 18.3 Å². The van der Waals surface area contributed by atoms with Gasteiger partial charge in [0.25, 0.3) is 11.8 Å². The molecule has 0 bridgehead atoms. The van der Waals surface area contributed by atoms with Crippen LogP contribution in [0.15, 0.2) is 52.0 Å². The van der Waals surface area contributed by atoms with Gasteiger partial charge in [0.2, 0.25) is 0 Å². The highest BCUT2D eigenvalue weighted by Crippen LogP contribution is 2.21. The quantitative estimate of drug-likeness (QED) is 0.476. The lowest BCUT2D eigenvalue weighted by Gasteiger charge is -2.20. The van der Waals surface area contributed by atoms with Crippen molar-refractivity contribution < 1.29 is 9.59 Å². The Morgan fingerprint density at radius 2 is 1.78 bits per heavy atom. The molecule has 2 rings (SSSR count). The minimum Gasteiger partial charge on any atom is -0.340 e. The molecule has 2 amide bonds. The summed E-state index contributed by atoms with van der Waals surface area (Å²) < 4.78 is 0.951. The van der Waals surface area contributed by atoms with Crippen molar-refractivity contribution in [3.8, 4) is 0 Å². The molecule has 0 spiro atoms. The Morgan fingerprint density at radius 1 is 1.11 bits per heavy atom. The molecule has 27 heavy (non-hydrogen) atoms. The van der Waals surface area contributed by atoms with Crippen LogP contribution in [-0.4, -0.2) is 24.1 Å². The Bertz CT molecular complexity index is 855. The maximum absolute atomic E-state index is 12.5. The fourth-order valence-electron chi connectivity index (χ4n) is 2.22. The summed E-state index contributed by atoms with van der Waals surface area (Å²) in [4.78, 5) is 24.9. The Balaban J connectivity index is 2.04. The first-order valence-corrected chi connectivity index (χ1v) is 9.67. The van der Waals surface area contributed by atoms with Gasteiger partial charge in [0, 0.05) is 9.50 Å². The van der Waals surface area contributed by atoms with Crippen LogP contribution in [0, 0.1) is 5.92 Å². The Hall–Kier alpha value is -1.89. The zero-order valence-electron chi connectivity index (χ0n) is 14.7. The zero-order chi connectivity index (χ0) is 20.0. The van der Waals surface area contributed by atoms with Crippen molar-refractivity contribution >= 4 is 57.2 Å². The van der Waals surface area contributed by atoms with E-state index >= 15 is 0 Å². The molecule has 0 aliphatic rings. The molecule has 2 aromatic carbocycles. The van der Waals surface area contributed by atoms with Gasteiger partial charge in [-0.3, -0.25) is 9.59 Å². The number of amides is 2. The molecule has 0 fully saturated rings. The fourth-order valence-corrected chi connectivity index (χ4v) is 2.98. The molecule has 0 aromatic heterocycles. The average Bonchev–Trinajstić information content (AvgIpc) is 2.60. The van der Waals surface area contributed by atoms with E-state index in [4.69, 9.17) is 23.2 Å². The second kappa shape index (κ2) is 9.88. The maximum Gasteiger partial charge on any atom is 0.262 e. The number of nitrogens with one attached hydrogen (secondary N) is 2. The molecule has 1 unspecified atom stereocenters. The van der Waals surface area contributed by atoms with E-state index in [2.05, 4.69) is 31.8 Å².